The Balaban J connectivity index is 2.22. The molecule has 3 nitrogen and oxygen atoms in total. The first-order valence-corrected chi connectivity index (χ1v) is 5.83. The number of amides is 1. The van der Waals surface area contributed by atoms with Crippen molar-refractivity contribution in [3.63, 3.8) is 0 Å². The largest absolute Gasteiger partial charge is 0.326 e. The van der Waals surface area contributed by atoms with Crippen LogP contribution in [0.25, 0.3) is 10.6 Å². The Morgan fingerprint density at radius 2 is 2.00 bits per heavy atom. The summed E-state index contributed by atoms with van der Waals surface area (Å²) in [4.78, 5) is 15.3. The topological polar surface area (TPSA) is 42.0 Å². The summed E-state index contributed by atoms with van der Waals surface area (Å²) in [5.41, 5.74) is 2.92. The number of hydrogen-bond donors (Lipinski definition) is 1. The molecule has 0 aliphatic rings. The second-order valence-electron chi connectivity index (χ2n) is 3.55. The van der Waals surface area contributed by atoms with E-state index in [9.17, 15) is 4.79 Å². The molecule has 0 saturated carbocycles. The van der Waals surface area contributed by atoms with Gasteiger partial charge in [-0.2, -0.15) is 0 Å². The van der Waals surface area contributed by atoms with E-state index in [2.05, 4.69) is 10.3 Å². The minimum atomic E-state index is -0.0576. The highest BCUT2D eigenvalue weighted by Crippen LogP contribution is 2.24. The maximum atomic E-state index is 10.9. The Morgan fingerprint density at radius 1 is 1.31 bits per heavy atom. The highest BCUT2D eigenvalue weighted by atomic mass is 32.1. The second-order valence-corrected chi connectivity index (χ2v) is 4.41. The summed E-state index contributed by atoms with van der Waals surface area (Å²) in [5.74, 6) is -0.0576. The van der Waals surface area contributed by atoms with Crippen molar-refractivity contribution in [3.05, 3.63) is 35.3 Å². The SMILES string of the molecule is CC(=O)Nc1ccc(-c2nc(C)cs2)cc1. The van der Waals surface area contributed by atoms with Crippen LogP contribution < -0.4 is 5.32 Å². The van der Waals surface area contributed by atoms with Crippen molar-refractivity contribution in [1.29, 1.82) is 0 Å². The van der Waals surface area contributed by atoms with Crippen LogP contribution in [0.4, 0.5) is 5.69 Å². The van der Waals surface area contributed by atoms with E-state index in [-0.39, 0.29) is 5.91 Å². The number of benzene rings is 1. The lowest BCUT2D eigenvalue weighted by atomic mass is 10.2. The minimum absolute atomic E-state index is 0.0576. The van der Waals surface area contributed by atoms with Crippen LogP contribution in [0.15, 0.2) is 29.6 Å². The van der Waals surface area contributed by atoms with E-state index in [1.165, 1.54) is 6.92 Å². The first-order chi connectivity index (χ1) is 7.65. The van der Waals surface area contributed by atoms with E-state index >= 15 is 0 Å². The number of aryl methyl sites for hydroxylation is 1. The number of nitrogens with one attached hydrogen (secondary N) is 1. The van der Waals surface area contributed by atoms with Gasteiger partial charge in [0.05, 0.1) is 0 Å². The third-order valence-electron chi connectivity index (χ3n) is 2.07. The van der Waals surface area contributed by atoms with Crippen molar-refractivity contribution in [2.24, 2.45) is 0 Å². The number of carbonyl (C=O) groups excluding carboxylic acids is 1. The molecular weight excluding hydrogens is 220 g/mol. The summed E-state index contributed by atoms with van der Waals surface area (Å²) >= 11 is 1.62. The van der Waals surface area contributed by atoms with E-state index in [0.29, 0.717) is 0 Å². The number of rotatable bonds is 2. The third-order valence-corrected chi connectivity index (χ3v) is 3.08. The fourth-order valence-corrected chi connectivity index (χ4v) is 2.19. The van der Waals surface area contributed by atoms with E-state index < -0.39 is 0 Å². The minimum Gasteiger partial charge on any atom is -0.326 e. The molecule has 0 aliphatic heterocycles. The Bertz CT molecular complexity index is 502. The molecule has 0 atom stereocenters. The predicted octanol–water partition coefficient (Wildman–Crippen LogP) is 3.08. The molecule has 1 aromatic carbocycles. The van der Waals surface area contributed by atoms with Gasteiger partial charge in [0.2, 0.25) is 5.91 Å². The first-order valence-electron chi connectivity index (χ1n) is 4.95. The highest BCUT2D eigenvalue weighted by Gasteiger charge is 2.02. The van der Waals surface area contributed by atoms with Crippen molar-refractivity contribution in [2.45, 2.75) is 13.8 Å². The van der Waals surface area contributed by atoms with Crippen molar-refractivity contribution >= 4 is 22.9 Å². The van der Waals surface area contributed by atoms with Gasteiger partial charge in [0.1, 0.15) is 5.01 Å². The van der Waals surface area contributed by atoms with Crippen molar-refractivity contribution in [3.8, 4) is 10.6 Å². The number of aromatic nitrogens is 1. The standard InChI is InChI=1S/C12H12N2OS/c1-8-7-16-12(13-8)10-3-5-11(6-4-10)14-9(2)15/h3-7H,1-2H3,(H,14,15). The lowest BCUT2D eigenvalue weighted by Crippen LogP contribution is -2.05. The quantitative estimate of drug-likeness (QED) is 0.864. The Morgan fingerprint density at radius 3 is 2.50 bits per heavy atom. The molecule has 0 fully saturated rings. The van der Waals surface area contributed by atoms with Gasteiger partial charge in [-0.25, -0.2) is 4.98 Å². The molecule has 0 spiro atoms. The monoisotopic (exact) mass is 232 g/mol. The Kier molecular flexibility index (Phi) is 3.01. The molecule has 2 aromatic rings. The maximum absolute atomic E-state index is 10.9. The molecule has 0 radical (unpaired) electrons. The average Bonchev–Trinajstić information content (AvgIpc) is 2.65. The van der Waals surface area contributed by atoms with E-state index in [4.69, 9.17) is 0 Å². The second kappa shape index (κ2) is 4.45. The third kappa shape index (κ3) is 2.46. The lowest BCUT2D eigenvalue weighted by molar-refractivity contribution is -0.114. The zero-order chi connectivity index (χ0) is 11.5. The molecule has 0 aliphatic carbocycles. The van der Waals surface area contributed by atoms with Crippen LogP contribution in [-0.2, 0) is 4.79 Å². The van der Waals surface area contributed by atoms with Gasteiger partial charge in [0.25, 0.3) is 0 Å². The van der Waals surface area contributed by atoms with Gasteiger partial charge in [0.15, 0.2) is 0 Å². The molecule has 16 heavy (non-hydrogen) atoms. The predicted molar refractivity (Wildman–Crippen MR) is 66.6 cm³/mol. The van der Waals surface area contributed by atoms with E-state index in [0.717, 1.165) is 22.0 Å². The first kappa shape index (κ1) is 10.8. The number of thiazole rings is 1. The smallest absolute Gasteiger partial charge is 0.221 e. The summed E-state index contributed by atoms with van der Waals surface area (Å²) in [7, 11) is 0. The van der Waals surface area contributed by atoms with Crippen LogP contribution in [0.1, 0.15) is 12.6 Å². The molecule has 1 heterocycles. The van der Waals surface area contributed by atoms with Gasteiger partial charge in [0, 0.05) is 29.2 Å². The zero-order valence-corrected chi connectivity index (χ0v) is 9.97. The number of nitrogens with zero attached hydrogens (tertiary/aromatic N) is 1. The molecule has 0 bridgehead atoms. The van der Waals surface area contributed by atoms with E-state index in [1.54, 1.807) is 11.3 Å². The molecule has 0 unspecified atom stereocenters. The fourth-order valence-electron chi connectivity index (χ4n) is 1.39. The van der Waals surface area contributed by atoms with E-state index in [1.807, 2.05) is 36.6 Å². The van der Waals surface area contributed by atoms with Gasteiger partial charge >= 0.3 is 0 Å². The van der Waals surface area contributed by atoms with Crippen LogP contribution >= 0.6 is 11.3 Å². The summed E-state index contributed by atoms with van der Waals surface area (Å²) < 4.78 is 0. The molecule has 1 aromatic heterocycles. The number of hydrogen-bond acceptors (Lipinski definition) is 3. The summed E-state index contributed by atoms with van der Waals surface area (Å²) in [5, 5.41) is 5.76. The van der Waals surface area contributed by atoms with Crippen molar-refractivity contribution in [1.82, 2.24) is 4.98 Å². The van der Waals surface area contributed by atoms with Gasteiger partial charge in [-0.3, -0.25) is 4.79 Å². The van der Waals surface area contributed by atoms with Gasteiger partial charge in [-0.1, -0.05) is 0 Å². The van der Waals surface area contributed by atoms with Gasteiger partial charge < -0.3 is 5.32 Å². The zero-order valence-electron chi connectivity index (χ0n) is 9.15. The number of anilines is 1. The molecular formula is C12H12N2OS. The summed E-state index contributed by atoms with van der Waals surface area (Å²) in [6.45, 7) is 3.48. The molecule has 1 N–H and O–H groups in total. The summed E-state index contributed by atoms with van der Waals surface area (Å²) in [6.07, 6.45) is 0. The van der Waals surface area contributed by atoms with Crippen LogP contribution in [-0.4, -0.2) is 10.9 Å². The normalized spacial score (nSPS) is 10.1. The summed E-state index contributed by atoms with van der Waals surface area (Å²) in [6, 6.07) is 7.69. The maximum Gasteiger partial charge on any atom is 0.221 e. The number of carbonyl (C=O) groups is 1. The molecule has 82 valence electrons. The molecule has 2 rings (SSSR count). The van der Waals surface area contributed by atoms with Gasteiger partial charge in [-0.15, -0.1) is 11.3 Å². The average molecular weight is 232 g/mol. The fraction of sp³-hybridized carbons (Fsp3) is 0.167. The van der Waals surface area contributed by atoms with Crippen LogP contribution in [0.5, 0.6) is 0 Å². The molecule has 4 heteroatoms. The lowest BCUT2D eigenvalue weighted by Gasteiger charge is -2.02. The Labute approximate surface area is 98.2 Å². The highest BCUT2D eigenvalue weighted by molar-refractivity contribution is 7.13. The van der Waals surface area contributed by atoms with Gasteiger partial charge in [-0.05, 0) is 31.2 Å². The molecule has 0 saturated heterocycles. The van der Waals surface area contributed by atoms with Crippen molar-refractivity contribution < 1.29 is 4.79 Å². The van der Waals surface area contributed by atoms with Crippen LogP contribution in [0.2, 0.25) is 0 Å². The van der Waals surface area contributed by atoms with Crippen LogP contribution in [0.3, 0.4) is 0 Å². The Hall–Kier alpha value is -1.68. The van der Waals surface area contributed by atoms with Crippen LogP contribution in [0, 0.1) is 6.92 Å². The van der Waals surface area contributed by atoms with Crippen molar-refractivity contribution in [2.75, 3.05) is 5.32 Å². The molecule has 1 amide bonds.